The molecule has 19 heavy (non-hydrogen) atoms. The maximum absolute atomic E-state index is 12.1. The minimum absolute atomic E-state index is 0.0765. The Morgan fingerprint density at radius 3 is 2.79 bits per heavy atom. The summed E-state index contributed by atoms with van der Waals surface area (Å²) in [6, 6.07) is -0.953. The molecule has 6 nitrogen and oxygen atoms in total. The first-order valence-corrected chi connectivity index (χ1v) is 7.63. The SMILES string of the molecule is CC1SCC(C(=O)O)N1C(=O)NCC1CCN(C)C1. The third kappa shape index (κ3) is 3.33. The van der Waals surface area contributed by atoms with Crippen LogP contribution in [0.25, 0.3) is 0 Å². The third-order valence-corrected chi connectivity index (χ3v) is 4.99. The van der Waals surface area contributed by atoms with Crippen LogP contribution in [0.1, 0.15) is 13.3 Å². The number of carbonyl (C=O) groups excluding carboxylic acids is 1. The van der Waals surface area contributed by atoms with Crippen LogP contribution in [0.2, 0.25) is 0 Å². The van der Waals surface area contributed by atoms with E-state index in [0.717, 1.165) is 19.5 Å². The van der Waals surface area contributed by atoms with Crippen LogP contribution in [0.15, 0.2) is 0 Å². The van der Waals surface area contributed by atoms with Gasteiger partial charge in [-0.15, -0.1) is 11.8 Å². The molecule has 0 aromatic heterocycles. The van der Waals surface area contributed by atoms with E-state index in [1.807, 2.05) is 6.92 Å². The molecule has 3 unspecified atom stereocenters. The monoisotopic (exact) mass is 287 g/mol. The molecule has 2 amide bonds. The molecule has 2 aliphatic heterocycles. The molecule has 0 aromatic carbocycles. The number of aliphatic carboxylic acids is 1. The Bertz CT molecular complexity index is 366. The normalized spacial score (nSPS) is 31.7. The fourth-order valence-corrected chi connectivity index (χ4v) is 3.82. The highest BCUT2D eigenvalue weighted by molar-refractivity contribution is 8.00. The van der Waals surface area contributed by atoms with Crippen molar-refractivity contribution in [2.75, 3.05) is 32.4 Å². The van der Waals surface area contributed by atoms with Crippen LogP contribution >= 0.6 is 11.8 Å². The summed E-state index contributed by atoms with van der Waals surface area (Å²) in [5.74, 6) is 0.0196. The van der Waals surface area contributed by atoms with Crippen LogP contribution in [0.5, 0.6) is 0 Å². The Morgan fingerprint density at radius 2 is 2.21 bits per heavy atom. The number of urea groups is 1. The highest BCUT2D eigenvalue weighted by Gasteiger charge is 2.39. The van der Waals surface area contributed by atoms with Gasteiger partial charge in [0.25, 0.3) is 0 Å². The molecule has 0 spiro atoms. The van der Waals surface area contributed by atoms with Gasteiger partial charge in [-0.2, -0.15) is 0 Å². The van der Waals surface area contributed by atoms with Gasteiger partial charge in [0.1, 0.15) is 6.04 Å². The van der Waals surface area contributed by atoms with E-state index in [2.05, 4.69) is 17.3 Å². The minimum Gasteiger partial charge on any atom is -0.480 e. The summed E-state index contributed by atoms with van der Waals surface area (Å²) in [5.41, 5.74) is 0. The largest absolute Gasteiger partial charge is 0.480 e. The molecule has 0 saturated carbocycles. The zero-order valence-electron chi connectivity index (χ0n) is 11.3. The molecule has 0 radical (unpaired) electrons. The van der Waals surface area contributed by atoms with Gasteiger partial charge in [-0.25, -0.2) is 9.59 Å². The molecule has 2 N–H and O–H groups in total. The predicted octanol–water partition coefficient (Wildman–Crippen LogP) is 0.496. The second-order valence-electron chi connectivity index (χ2n) is 5.30. The first kappa shape index (κ1) is 14.5. The molecule has 2 rings (SSSR count). The number of carboxylic acid groups (broad SMARTS) is 1. The van der Waals surface area contributed by atoms with Gasteiger partial charge in [0.15, 0.2) is 0 Å². The second-order valence-corrected chi connectivity index (χ2v) is 6.65. The van der Waals surface area contributed by atoms with Crippen molar-refractivity contribution in [1.29, 1.82) is 0 Å². The number of likely N-dealkylation sites (tertiary alicyclic amines) is 1. The Hall–Kier alpha value is -0.950. The van der Waals surface area contributed by atoms with Crippen LogP contribution in [0.4, 0.5) is 4.79 Å². The van der Waals surface area contributed by atoms with Crippen molar-refractivity contribution in [1.82, 2.24) is 15.1 Å². The lowest BCUT2D eigenvalue weighted by Crippen LogP contribution is -2.50. The average molecular weight is 287 g/mol. The number of rotatable bonds is 3. The predicted molar refractivity (Wildman–Crippen MR) is 74.2 cm³/mol. The summed E-state index contributed by atoms with van der Waals surface area (Å²) in [6.45, 7) is 4.56. The molecule has 0 bridgehead atoms. The van der Waals surface area contributed by atoms with Crippen molar-refractivity contribution >= 4 is 23.8 Å². The lowest BCUT2D eigenvalue weighted by Gasteiger charge is -2.26. The number of hydrogen-bond acceptors (Lipinski definition) is 4. The molecule has 2 heterocycles. The maximum Gasteiger partial charge on any atom is 0.327 e. The van der Waals surface area contributed by atoms with Crippen LogP contribution < -0.4 is 5.32 Å². The van der Waals surface area contributed by atoms with E-state index in [1.165, 1.54) is 16.7 Å². The van der Waals surface area contributed by atoms with Gasteiger partial charge in [-0.1, -0.05) is 0 Å². The summed E-state index contributed by atoms with van der Waals surface area (Å²) in [4.78, 5) is 26.9. The average Bonchev–Trinajstić information content (AvgIpc) is 2.92. The van der Waals surface area contributed by atoms with Crippen molar-refractivity contribution in [3.8, 4) is 0 Å². The number of thioether (sulfide) groups is 1. The van der Waals surface area contributed by atoms with Crippen LogP contribution in [0.3, 0.4) is 0 Å². The smallest absolute Gasteiger partial charge is 0.327 e. The van der Waals surface area contributed by atoms with E-state index in [0.29, 0.717) is 18.2 Å². The first-order chi connectivity index (χ1) is 8.99. The maximum atomic E-state index is 12.1. The van der Waals surface area contributed by atoms with E-state index in [-0.39, 0.29) is 11.4 Å². The standard InChI is InChI=1S/C12H21N3O3S/c1-8-15(10(7-19-8)11(16)17)12(18)13-5-9-3-4-14(2)6-9/h8-10H,3-7H2,1-2H3,(H,13,18)(H,16,17). The second kappa shape index (κ2) is 6.00. The van der Waals surface area contributed by atoms with Gasteiger partial charge < -0.3 is 15.3 Å². The van der Waals surface area contributed by atoms with E-state index in [1.54, 1.807) is 0 Å². The number of carboxylic acids is 1. The topological polar surface area (TPSA) is 72.9 Å². The zero-order valence-corrected chi connectivity index (χ0v) is 12.2. The van der Waals surface area contributed by atoms with E-state index < -0.39 is 12.0 Å². The first-order valence-electron chi connectivity index (χ1n) is 6.58. The summed E-state index contributed by atoms with van der Waals surface area (Å²) < 4.78 is 0. The number of amides is 2. The summed E-state index contributed by atoms with van der Waals surface area (Å²) in [5, 5.41) is 11.9. The lowest BCUT2D eigenvalue weighted by atomic mass is 10.1. The molecule has 0 aromatic rings. The highest BCUT2D eigenvalue weighted by Crippen LogP contribution is 2.28. The molecule has 2 aliphatic rings. The lowest BCUT2D eigenvalue weighted by molar-refractivity contribution is -0.141. The van der Waals surface area contributed by atoms with Gasteiger partial charge in [-0.05, 0) is 32.9 Å². The fraction of sp³-hybridized carbons (Fsp3) is 0.833. The minimum atomic E-state index is -0.924. The zero-order chi connectivity index (χ0) is 14.0. The van der Waals surface area contributed by atoms with Crippen molar-refractivity contribution in [3.05, 3.63) is 0 Å². The summed E-state index contributed by atoms with van der Waals surface area (Å²) in [7, 11) is 2.07. The molecule has 7 heteroatoms. The Morgan fingerprint density at radius 1 is 1.47 bits per heavy atom. The van der Waals surface area contributed by atoms with Crippen molar-refractivity contribution in [2.45, 2.75) is 24.8 Å². The number of carbonyl (C=O) groups is 2. The van der Waals surface area contributed by atoms with E-state index in [4.69, 9.17) is 5.11 Å². The van der Waals surface area contributed by atoms with Crippen LogP contribution in [-0.4, -0.2) is 70.8 Å². The van der Waals surface area contributed by atoms with Crippen LogP contribution in [0, 0.1) is 5.92 Å². The number of nitrogens with one attached hydrogen (secondary N) is 1. The quantitative estimate of drug-likeness (QED) is 0.790. The molecule has 108 valence electrons. The van der Waals surface area contributed by atoms with E-state index >= 15 is 0 Å². The van der Waals surface area contributed by atoms with E-state index in [9.17, 15) is 9.59 Å². The third-order valence-electron chi connectivity index (χ3n) is 3.77. The highest BCUT2D eigenvalue weighted by atomic mass is 32.2. The van der Waals surface area contributed by atoms with Gasteiger partial charge in [0, 0.05) is 18.8 Å². The van der Waals surface area contributed by atoms with Crippen LogP contribution in [-0.2, 0) is 4.79 Å². The Kier molecular flexibility index (Phi) is 4.57. The van der Waals surface area contributed by atoms with Gasteiger partial charge in [0.05, 0.1) is 5.37 Å². The van der Waals surface area contributed by atoms with Gasteiger partial charge in [-0.3, -0.25) is 4.90 Å². The molecular formula is C12H21N3O3S. The summed E-state index contributed by atoms with van der Waals surface area (Å²) >= 11 is 1.50. The molecule has 2 saturated heterocycles. The molecule has 0 aliphatic carbocycles. The summed E-state index contributed by atoms with van der Waals surface area (Å²) in [6.07, 6.45) is 1.09. The molecular weight excluding hydrogens is 266 g/mol. The Balaban J connectivity index is 1.86. The van der Waals surface area contributed by atoms with Crippen molar-refractivity contribution < 1.29 is 14.7 Å². The van der Waals surface area contributed by atoms with Gasteiger partial charge in [0.2, 0.25) is 0 Å². The van der Waals surface area contributed by atoms with Crippen molar-refractivity contribution in [3.63, 3.8) is 0 Å². The Labute approximate surface area is 117 Å². The number of nitrogens with zero attached hydrogens (tertiary/aromatic N) is 2. The van der Waals surface area contributed by atoms with Gasteiger partial charge >= 0.3 is 12.0 Å². The fourth-order valence-electron chi connectivity index (χ4n) is 2.66. The molecule has 3 atom stereocenters. The number of hydrogen-bond donors (Lipinski definition) is 2. The van der Waals surface area contributed by atoms with Crippen molar-refractivity contribution in [2.24, 2.45) is 5.92 Å². The molecule has 2 fully saturated rings.